The Bertz CT molecular complexity index is 668. The van der Waals surface area contributed by atoms with Gasteiger partial charge in [0.25, 0.3) is 0 Å². The molecule has 5 nitrogen and oxygen atoms in total. The highest BCUT2D eigenvalue weighted by Crippen LogP contribution is 2.16. The molecule has 0 bridgehead atoms. The number of urea groups is 1. The Morgan fingerprint density at radius 3 is 2.08 bits per heavy atom. The van der Waals surface area contributed by atoms with Gasteiger partial charge in [-0.3, -0.25) is 4.90 Å². The topological polar surface area (TPSA) is 53.6 Å². The zero-order chi connectivity index (χ0) is 16.8. The minimum absolute atomic E-state index is 0.252. The number of halogens is 1. The van der Waals surface area contributed by atoms with Gasteiger partial charge >= 0.3 is 6.03 Å². The summed E-state index contributed by atoms with van der Waals surface area (Å²) in [6.07, 6.45) is 0. The SMILES string of the molecule is O=C(Nc1ccc(Br)cc1)Nc1ccc(CN2CCOCC2)cc1. The molecule has 0 unspecified atom stereocenters. The first-order valence-corrected chi connectivity index (χ1v) is 8.71. The molecule has 0 saturated carbocycles. The predicted molar refractivity (Wildman–Crippen MR) is 99.3 cm³/mol. The van der Waals surface area contributed by atoms with E-state index < -0.39 is 0 Å². The molecule has 2 amide bonds. The van der Waals surface area contributed by atoms with E-state index in [4.69, 9.17) is 4.74 Å². The number of carbonyl (C=O) groups excluding carboxylic acids is 1. The molecule has 1 saturated heterocycles. The van der Waals surface area contributed by atoms with Gasteiger partial charge in [-0.15, -0.1) is 0 Å². The largest absolute Gasteiger partial charge is 0.379 e. The van der Waals surface area contributed by atoms with Crippen molar-refractivity contribution in [3.05, 3.63) is 58.6 Å². The van der Waals surface area contributed by atoms with Crippen molar-refractivity contribution in [3.8, 4) is 0 Å². The van der Waals surface area contributed by atoms with Crippen molar-refractivity contribution in [2.75, 3.05) is 36.9 Å². The van der Waals surface area contributed by atoms with Gasteiger partial charge in [-0.1, -0.05) is 28.1 Å². The molecule has 2 aromatic rings. The Balaban J connectivity index is 1.51. The van der Waals surface area contributed by atoms with Crippen LogP contribution in [0.4, 0.5) is 16.2 Å². The van der Waals surface area contributed by atoms with E-state index in [1.807, 2.05) is 48.5 Å². The quantitative estimate of drug-likeness (QED) is 0.832. The van der Waals surface area contributed by atoms with Gasteiger partial charge in [0.05, 0.1) is 13.2 Å². The molecule has 1 heterocycles. The second kappa shape index (κ2) is 8.28. The summed E-state index contributed by atoms with van der Waals surface area (Å²) in [5.41, 5.74) is 2.76. The van der Waals surface area contributed by atoms with Crippen LogP contribution in [0.1, 0.15) is 5.56 Å². The average molecular weight is 390 g/mol. The number of carbonyl (C=O) groups is 1. The highest BCUT2D eigenvalue weighted by molar-refractivity contribution is 9.10. The van der Waals surface area contributed by atoms with Crippen LogP contribution in [0.15, 0.2) is 53.0 Å². The molecular weight excluding hydrogens is 370 g/mol. The van der Waals surface area contributed by atoms with Crippen LogP contribution in [0.25, 0.3) is 0 Å². The normalized spacial score (nSPS) is 15.0. The number of anilines is 2. The van der Waals surface area contributed by atoms with Crippen LogP contribution in [0.3, 0.4) is 0 Å². The first kappa shape index (κ1) is 17.0. The van der Waals surface area contributed by atoms with Gasteiger partial charge in [-0.2, -0.15) is 0 Å². The lowest BCUT2D eigenvalue weighted by Gasteiger charge is -2.26. The second-order valence-corrected chi connectivity index (χ2v) is 6.59. The van der Waals surface area contributed by atoms with Crippen molar-refractivity contribution < 1.29 is 9.53 Å². The number of hydrogen-bond acceptors (Lipinski definition) is 3. The summed E-state index contributed by atoms with van der Waals surface area (Å²) in [7, 11) is 0. The third-order valence-electron chi connectivity index (χ3n) is 3.82. The standard InChI is InChI=1S/C18H20BrN3O2/c19-15-3-7-17(8-4-15)21-18(23)20-16-5-1-14(2-6-16)13-22-9-11-24-12-10-22/h1-8H,9-13H2,(H2,20,21,23). The fourth-order valence-corrected chi connectivity index (χ4v) is 2.80. The summed E-state index contributed by atoms with van der Waals surface area (Å²) in [5, 5.41) is 5.65. The minimum Gasteiger partial charge on any atom is -0.379 e. The molecule has 126 valence electrons. The van der Waals surface area contributed by atoms with Crippen LogP contribution < -0.4 is 10.6 Å². The van der Waals surface area contributed by atoms with Crippen molar-refractivity contribution in [1.29, 1.82) is 0 Å². The summed E-state index contributed by atoms with van der Waals surface area (Å²) in [6.45, 7) is 4.45. The molecular formula is C18H20BrN3O2. The van der Waals surface area contributed by atoms with Gasteiger partial charge in [0, 0.05) is 35.5 Å². The van der Waals surface area contributed by atoms with Crippen molar-refractivity contribution in [2.45, 2.75) is 6.54 Å². The van der Waals surface area contributed by atoms with E-state index in [0.717, 1.165) is 48.7 Å². The molecule has 6 heteroatoms. The van der Waals surface area contributed by atoms with Crippen LogP contribution in [0, 0.1) is 0 Å². The van der Waals surface area contributed by atoms with E-state index in [1.54, 1.807) is 0 Å². The summed E-state index contributed by atoms with van der Waals surface area (Å²) < 4.78 is 6.33. The fourth-order valence-electron chi connectivity index (χ4n) is 2.54. The fraction of sp³-hybridized carbons (Fsp3) is 0.278. The number of nitrogens with one attached hydrogen (secondary N) is 2. The number of morpholine rings is 1. The maximum atomic E-state index is 12.0. The lowest BCUT2D eigenvalue weighted by atomic mass is 10.2. The molecule has 0 radical (unpaired) electrons. The van der Waals surface area contributed by atoms with E-state index in [-0.39, 0.29) is 6.03 Å². The molecule has 0 atom stereocenters. The number of hydrogen-bond donors (Lipinski definition) is 2. The van der Waals surface area contributed by atoms with E-state index in [0.29, 0.717) is 0 Å². The van der Waals surface area contributed by atoms with E-state index in [1.165, 1.54) is 5.56 Å². The molecule has 0 aromatic heterocycles. The Kier molecular flexibility index (Phi) is 5.85. The Morgan fingerprint density at radius 2 is 1.50 bits per heavy atom. The van der Waals surface area contributed by atoms with Crippen LogP contribution >= 0.6 is 15.9 Å². The maximum Gasteiger partial charge on any atom is 0.323 e. The Morgan fingerprint density at radius 1 is 0.958 bits per heavy atom. The van der Waals surface area contributed by atoms with Crippen LogP contribution in [0.2, 0.25) is 0 Å². The lowest BCUT2D eigenvalue weighted by molar-refractivity contribution is 0.0342. The molecule has 1 aliphatic heterocycles. The van der Waals surface area contributed by atoms with E-state index in [9.17, 15) is 4.79 Å². The molecule has 2 aromatic carbocycles. The monoisotopic (exact) mass is 389 g/mol. The van der Waals surface area contributed by atoms with Crippen molar-refractivity contribution in [3.63, 3.8) is 0 Å². The van der Waals surface area contributed by atoms with Crippen LogP contribution in [-0.2, 0) is 11.3 Å². The maximum absolute atomic E-state index is 12.0. The molecule has 0 spiro atoms. The zero-order valence-electron chi connectivity index (χ0n) is 13.3. The molecule has 2 N–H and O–H groups in total. The molecule has 1 aliphatic rings. The van der Waals surface area contributed by atoms with E-state index >= 15 is 0 Å². The average Bonchev–Trinajstić information content (AvgIpc) is 2.60. The van der Waals surface area contributed by atoms with Gasteiger partial charge in [0.2, 0.25) is 0 Å². The zero-order valence-corrected chi connectivity index (χ0v) is 14.9. The van der Waals surface area contributed by atoms with Crippen molar-refractivity contribution in [1.82, 2.24) is 4.90 Å². The number of benzene rings is 2. The van der Waals surface area contributed by atoms with Gasteiger partial charge in [0.15, 0.2) is 0 Å². The number of ether oxygens (including phenoxy) is 1. The third kappa shape index (κ3) is 5.06. The number of nitrogens with zero attached hydrogens (tertiary/aromatic N) is 1. The summed E-state index contributed by atoms with van der Waals surface area (Å²) >= 11 is 3.37. The summed E-state index contributed by atoms with van der Waals surface area (Å²) in [6, 6.07) is 15.2. The lowest BCUT2D eigenvalue weighted by Crippen LogP contribution is -2.35. The van der Waals surface area contributed by atoms with Crippen LogP contribution in [-0.4, -0.2) is 37.2 Å². The first-order chi connectivity index (χ1) is 11.7. The predicted octanol–water partition coefficient (Wildman–Crippen LogP) is 3.93. The highest BCUT2D eigenvalue weighted by Gasteiger charge is 2.10. The molecule has 3 rings (SSSR count). The Labute approximate surface area is 150 Å². The smallest absolute Gasteiger partial charge is 0.323 e. The van der Waals surface area contributed by atoms with Crippen molar-refractivity contribution in [2.24, 2.45) is 0 Å². The molecule has 0 aliphatic carbocycles. The first-order valence-electron chi connectivity index (χ1n) is 7.92. The van der Waals surface area contributed by atoms with Gasteiger partial charge in [0.1, 0.15) is 0 Å². The van der Waals surface area contributed by atoms with Gasteiger partial charge in [-0.25, -0.2) is 4.79 Å². The highest BCUT2D eigenvalue weighted by atomic mass is 79.9. The van der Waals surface area contributed by atoms with Crippen LogP contribution in [0.5, 0.6) is 0 Å². The summed E-state index contributed by atoms with van der Waals surface area (Å²) in [4.78, 5) is 14.4. The van der Waals surface area contributed by atoms with Gasteiger partial charge < -0.3 is 15.4 Å². The summed E-state index contributed by atoms with van der Waals surface area (Å²) in [5.74, 6) is 0. The third-order valence-corrected chi connectivity index (χ3v) is 4.35. The molecule has 24 heavy (non-hydrogen) atoms. The van der Waals surface area contributed by atoms with Gasteiger partial charge in [-0.05, 0) is 42.0 Å². The van der Waals surface area contributed by atoms with Crippen molar-refractivity contribution >= 4 is 33.3 Å². The van der Waals surface area contributed by atoms with E-state index in [2.05, 4.69) is 31.5 Å². The minimum atomic E-state index is -0.252. The Hall–Kier alpha value is -1.89. The molecule has 1 fully saturated rings. The number of amides is 2. The second-order valence-electron chi connectivity index (χ2n) is 5.67. The number of rotatable bonds is 4.